The number of hydrogen-bond donors (Lipinski definition) is 2. The van der Waals surface area contributed by atoms with Gasteiger partial charge in [0.1, 0.15) is 0 Å². The number of anilines is 1. The van der Waals surface area contributed by atoms with Gasteiger partial charge in [-0.25, -0.2) is 9.78 Å². The molecule has 0 aliphatic carbocycles. The first-order chi connectivity index (χ1) is 10.0. The summed E-state index contributed by atoms with van der Waals surface area (Å²) in [5.41, 5.74) is 0.764. The van der Waals surface area contributed by atoms with Crippen LogP contribution in [0.2, 0.25) is 0 Å². The molecule has 2 N–H and O–H groups in total. The van der Waals surface area contributed by atoms with Gasteiger partial charge in [0.25, 0.3) is 0 Å². The van der Waals surface area contributed by atoms with Crippen LogP contribution in [-0.4, -0.2) is 22.0 Å². The number of aromatic nitrogens is 1. The lowest BCUT2D eigenvalue weighted by molar-refractivity contribution is -0.131. The first kappa shape index (κ1) is 15.1. The number of carbonyl (C=O) groups excluding carboxylic acids is 1. The smallest absolute Gasteiger partial charge is 0.328 e. The number of carboxylic acid groups (broad SMARTS) is 1. The second-order valence-corrected chi connectivity index (χ2v) is 6.01. The van der Waals surface area contributed by atoms with E-state index >= 15 is 0 Å². The zero-order valence-corrected chi connectivity index (χ0v) is 12.7. The van der Waals surface area contributed by atoms with Gasteiger partial charge in [-0.05, 0) is 30.4 Å². The van der Waals surface area contributed by atoms with Crippen molar-refractivity contribution in [2.75, 3.05) is 5.32 Å². The van der Waals surface area contributed by atoms with E-state index in [4.69, 9.17) is 5.11 Å². The Morgan fingerprint density at radius 1 is 1.24 bits per heavy atom. The zero-order chi connectivity index (χ0) is 15.2. The molecule has 0 saturated heterocycles. The predicted molar refractivity (Wildman–Crippen MR) is 86.3 cm³/mol. The zero-order valence-electron chi connectivity index (χ0n) is 11.1. The van der Waals surface area contributed by atoms with Crippen LogP contribution in [-0.2, 0) is 9.59 Å². The third kappa shape index (κ3) is 4.97. The predicted octanol–water partition coefficient (Wildman–Crippen LogP) is 3.43. The maximum atomic E-state index is 10.9. The molecule has 7 heteroatoms. The Balaban J connectivity index is 2.02. The fraction of sp³-hybridized carbons (Fsp3) is 0.0714. The van der Waals surface area contributed by atoms with Crippen molar-refractivity contribution >= 4 is 57.9 Å². The van der Waals surface area contributed by atoms with E-state index in [1.165, 1.54) is 29.6 Å². The van der Waals surface area contributed by atoms with Gasteiger partial charge in [0.15, 0.2) is 5.13 Å². The van der Waals surface area contributed by atoms with Gasteiger partial charge in [-0.2, -0.15) is 0 Å². The van der Waals surface area contributed by atoms with Crippen LogP contribution < -0.4 is 5.32 Å². The first-order valence-electron chi connectivity index (χ1n) is 5.95. The van der Waals surface area contributed by atoms with Gasteiger partial charge in [0.05, 0.1) is 5.69 Å². The molecule has 0 fully saturated rings. The molecule has 0 saturated carbocycles. The molecule has 2 aromatic heterocycles. The van der Waals surface area contributed by atoms with Crippen LogP contribution in [0.1, 0.15) is 22.4 Å². The summed E-state index contributed by atoms with van der Waals surface area (Å²) in [5.74, 6) is -1.11. The van der Waals surface area contributed by atoms with E-state index in [1.807, 2.05) is 29.7 Å². The molecule has 0 spiro atoms. The second kappa shape index (κ2) is 6.96. The largest absolute Gasteiger partial charge is 0.478 e. The summed E-state index contributed by atoms with van der Waals surface area (Å²) in [6, 6.07) is 3.76. The average molecular weight is 320 g/mol. The Kier molecular flexibility index (Phi) is 5.02. The van der Waals surface area contributed by atoms with E-state index in [-0.39, 0.29) is 5.91 Å². The lowest BCUT2D eigenvalue weighted by Crippen LogP contribution is -2.04. The molecular formula is C14H12N2O3S2. The number of aliphatic carboxylic acids is 1. The topological polar surface area (TPSA) is 79.3 Å². The van der Waals surface area contributed by atoms with E-state index in [2.05, 4.69) is 10.3 Å². The van der Waals surface area contributed by atoms with Gasteiger partial charge in [-0.1, -0.05) is 0 Å². The summed E-state index contributed by atoms with van der Waals surface area (Å²) in [6.07, 6.45) is 6.41. The molecule has 0 unspecified atom stereocenters. The summed E-state index contributed by atoms with van der Waals surface area (Å²) < 4.78 is 0. The van der Waals surface area contributed by atoms with Crippen molar-refractivity contribution in [3.63, 3.8) is 0 Å². The molecular weight excluding hydrogens is 308 g/mol. The molecule has 0 atom stereocenters. The number of carbonyl (C=O) groups is 2. The van der Waals surface area contributed by atoms with Crippen molar-refractivity contribution in [1.82, 2.24) is 4.98 Å². The molecule has 2 heterocycles. The van der Waals surface area contributed by atoms with Gasteiger partial charge < -0.3 is 10.4 Å². The minimum Gasteiger partial charge on any atom is -0.478 e. The highest BCUT2D eigenvalue weighted by atomic mass is 32.1. The number of nitrogens with one attached hydrogen (secondary N) is 1. The van der Waals surface area contributed by atoms with Crippen molar-refractivity contribution in [2.24, 2.45) is 0 Å². The number of rotatable bonds is 5. The lowest BCUT2D eigenvalue weighted by atomic mass is 10.3. The molecule has 1 amide bonds. The molecule has 2 aromatic rings. The number of thiophene rings is 1. The molecule has 0 radical (unpaired) electrons. The second-order valence-electron chi connectivity index (χ2n) is 4.00. The molecule has 0 aliphatic heterocycles. The third-order valence-electron chi connectivity index (χ3n) is 2.26. The SMILES string of the molecule is CC(=O)Nc1nc(C=Cc2ccc(C=CC(=O)O)s2)cs1. The Morgan fingerprint density at radius 2 is 1.95 bits per heavy atom. The van der Waals surface area contributed by atoms with Crippen LogP contribution in [0.4, 0.5) is 5.13 Å². The van der Waals surface area contributed by atoms with Crippen LogP contribution in [0.3, 0.4) is 0 Å². The Morgan fingerprint density at radius 3 is 2.62 bits per heavy atom. The molecule has 5 nitrogen and oxygen atoms in total. The normalized spacial score (nSPS) is 11.3. The highest BCUT2D eigenvalue weighted by Crippen LogP contribution is 2.22. The van der Waals surface area contributed by atoms with Gasteiger partial charge in [-0.15, -0.1) is 22.7 Å². The Labute approximate surface area is 129 Å². The van der Waals surface area contributed by atoms with E-state index in [1.54, 1.807) is 6.08 Å². The number of amides is 1. The first-order valence-corrected chi connectivity index (χ1v) is 7.64. The molecule has 0 aromatic carbocycles. The average Bonchev–Trinajstić information content (AvgIpc) is 3.02. The highest BCUT2D eigenvalue weighted by molar-refractivity contribution is 7.14. The van der Waals surface area contributed by atoms with Crippen molar-refractivity contribution in [2.45, 2.75) is 6.92 Å². The van der Waals surface area contributed by atoms with E-state index in [0.29, 0.717) is 5.13 Å². The van der Waals surface area contributed by atoms with E-state index in [0.717, 1.165) is 21.5 Å². The third-order valence-corrected chi connectivity index (χ3v) is 4.05. The fourth-order valence-electron chi connectivity index (χ4n) is 1.44. The van der Waals surface area contributed by atoms with Crippen LogP contribution in [0.15, 0.2) is 23.6 Å². The molecule has 0 aliphatic rings. The van der Waals surface area contributed by atoms with E-state index < -0.39 is 5.97 Å². The molecule has 0 bridgehead atoms. The van der Waals surface area contributed by atoms with Gasteiger partial charge in [0, 0.05) is 28.1 Å². The number of hydrogen-bond acceptors (Lipinski definition) is 5. The fourth-order valence-corrected chi connectivity index (χ4v) is 2.98. The van der Waals surface area contributed by atoms with Crippen molar-refractivity contribution in [3.8, 4) is 0 Å². The van der Waals surface area contributed by atoms with Crippen LogP contribution >= 0.6 is 22.7 Å². The van der Waals surface area contributed by atoms with Crippen LogP contribution in [0, 0.1) is 0 Å². The Hall–Kier alpha value is -2.25. The van der Waals surface area contributed by atoms with Crippen molar-refractivity contribution < 1.29 is 14.7 Å². The number of carboxylic acids is 1. The molecule has 21 heavy (non-hydrogen) atoms. The van der Waals surface area contributed by atoms with Crippen molar-refractivity contribution in [1.29, 1.82) is 0 Å². The summed E-state index contributed by atoms with van der Waals surface area (Å²) in [6.45, 7) is 1.44. The van der Waals surface area contributed by atoms with Gasteiger partial charge in [0.2, 0.25) is 5.91 Å². The van der Waals surface area contributed by atoms with Crippen LogP contribution in [0.5, 0.6) is 0 Å². The lowest BCUT2D eigenvalue weighted by Gasteiger charge is -1.92. The minimum atomic E-state index is -0.964. The Bertz CT molecular complexity index is 713. The summed E-state index contributed by atoms with van der Waals surface area (Å²) >= 11 is 2.84. The highest BCUT2D eigenvalue weighted by Gasteiger charge is 2.01. The summed E-state index contributed by atoms with van der Waals surface area (Å²) in [5, 5.41) is 13.6. The minimum absolute atomic E-state index is 0.145. The number of thiazole rings is 1. The standard InChI is InChI=1S/C14H12N2O3S2/c1-9(17)15-14-16-10(8-20-14)2-3-11-4-5-12(21-11)6-7-13(18)19/h2-8H,1H3,(H,18,19)(H,15,16,17). The maximum Gasteiger partial charge on any atom is 0.328 e. The quantitative estimate of drug-likeness (QED) is 0.827. The summed E-state index contributed by atoms with van der Waals surface area (Å²) in [4.78, 5) is 27.4. The van der Waals surface area contributed by atoms with Crippen molar-refractivity contribution in [3.05, 3.63) is 39.0 Å². The van der Waals surface area contributed by atoms with E-state index in [9.17, 15) is 9.59 Å². The molecule has 2 rings (SSSR count). The monoisotopic (exact) mass is 320 g/mol. The van der Waals surface area contributed by atoms with Gasteiger partial charge in [-0.3, -0.25) is 4.79 Å². The van der Waals surface area contributed by atoms with Crippen LogP contribution in [0.25, 0.3) is 18.2 Å². The number of nitrogens with zero attached hydrogens (tertiary/aromatic N) is 1. The van der Waals surface area contributed by atoms with Gasteiger partial charge >= 0.3 is 5.97 Å². The maximum absolute atomic E-state index is 10.9. The molecule has 108 valence electrons. The summed E-state index contributed by atoms with van der Waals surface area (Å²) in [7, 11) is 0.